The number of hydrogen-bond donors (Lipinski definition) is 1. The Morgan fingerprint density at radius 3 is 2.58 bits per heavy atom. The van der Waals surface area contributed by atoms with Gasteiger partial charge in [-0.2, -0.15) is 5.10 Å². The Bertz CT molecular complexity index is 946. The summed E-state index contributed by atoms with van der Waals surface area (Å²) >= 11 is 0. The molecule has 0 radical (unpaired) electrons. The number of ether oxygens (including phenoxy) is 2. The molecule has 0 unspecified atom stereocenters. The lowest BCUT2D eigenvalue weighted by Gasteiger charge is -2.07. The van der Waals surface area contributed by atoms with Crippen LogP contribution in [0.2, 0.25) is 0 Å². The number of benzene rings is 3. The van der Waals surface area contributed by atoms with Crippen LogP contribution in [0.5, 0.6) is 11.5 Å². The molecule has 26 heavy (non-hydrogen) atoms. The number of amides is 1. The van der Waals surface area contributed by atoms with Gasteiger partial charge in [0.2, 0.25) is 5.91 Å². The third-order valence-electron chi connectivity index (χ3n) is 4.04. The quantitative estimate of drug-likeness (QED) is 0.547. The van der Waals surface area contributed by atoms with Crippen molar-refractivity contribution in [2.45, 2.75) is 6.42 Å². The van der Waals surface area contributed by atoms with Gasteiger partial charge in [-0.25, -0.2) is 5.43 Å². The number of fused-ring (bicyclic) bond motifs is 1. The van der Waals surface area contributed by atoms with Crippen molar-refractivity contribution in [3.63, 3.8) is 0 Å². The average Bonchev–Trinajstić information content (AvgIpc) is 2.68. The Labute approximate surface area is 152 Å². The van der Waals surface area contributed by atoms with E-state index in [-0.39, 0.29) is 12.3 Å². The molecule has 0 saturated carbocycles. The van der Waals surface area contributed by atoms with E-state index in [4.69, 9.17) is 9.47 Å². The van der Waals surface area contributed by atoms with Crippen LogP contribution in [0, 0.1) is 0 Å². The van der Waals surface area contributed by atoms with E-state index in [1.165, 1.54) is 0 Å². The number of nitrogens with zero attached hydrogens (tertiary/aromatic N) is 1. The zero-order chi connectivity index (χ0) is 18.4. The molecule has 0 atom stereocenters. The van der Waals surface area contributed by atoms with Crippen LogP contribution >= 0.6 is 0 Å². The van der Waals surface area contributed by atoms with Gasteiger partial charge in [-0.1, -0.05) is 42.5 Å². The lowest BCUT2D eigenvalue weighted by atomic mass is 10.0. The summed E-state index contributed by atoms with van der Waals surface area (Å²) in [5, 5.41) is 6.22. The predicted molar refractivity (Wildman–Crippen MR) is 103 cm³/mol. The van der Waals surface area contributed by atoms with Gasteiger partial charge in [-0.3, -0.25) is 4.79 Å². The second-order valence-corrected chi connectivity index (χ2v) is 5.72. The Balaban J connectivity index is 1.66. The number of hydrogen-bond acceptors (Lipinski definition) is 4. The molecule has 3 aromatic rings. The minimum Gasteiger partial charge on any atom is -0.493 e. The molecule has 0 heterocycles. The van der Waals surface area contributed by atoms with Gasteiger partial charge in [-0.15, -0.1) is 0 Å². The topological polar surface area (TPSA) is 59.9 Å². The summed E-state index contributed by atoms with van der Waals surface area (Å²) in [6.07, 6.45) is 1.84. The maximum Gasteiger partial charge on any atom is 0.244 e. The van der Waals surface area contributed by atoms with Crippen molar-refractivity contribution in [3.8, 4) is 11.5 Å². The molecule has 3 aromatic carbocycles. The molecule has 0 fully saturated rings. The number of methoxy groups -OCH3 is 2. The Kier molecular flexibility index (Phi) is 5.49. The number of rotatable bonds is 6. The molecule has 0 aliphatic carbocycles. The number of carbonyl (C=O) groups is 1. The van der Waals surface area contributed by atoms with Crippen molar-refractivity contribution in [1.29, 1.82) is 0 Å². The first-order valence-electron chi connectivity index (χ1n) is 8.22. The molecule has 0 aliphatic heterocycles. The molecular weight excluding hydrogens is 328 g/mol. The molecule has 1 amide bonds. The maximum atomic E-state index is 12.2. The molecule has 5 nitrogen and oxygen atoms in total. The van der Waals surface area contributed by atoms with Crippen LogP contribution in [0.4, 0.5) is 0 Å². The first kappa shape index (κ1) is 17.5. The Morgan fingerprint density at radius 1 is 1.00 bits per heavy atom. The lowest BCUT2D eigenvalue weighted by molar-refractivity contribution is -0.120. The standard InChI is InChI=1S/C21H20N2O3/c1-25-19-11-10-15(12-20(19)26-2)14-22-23-21(24)13-17-8-5-7-16-6-3-4-9-18(16)17/h3-12,14H,13H2,1-2H3,(H,23,24). The van der Waals surface area contributed by atoms with Gasteiger partial charge in [0.25, 0.3) is 0 Å². The highest BCUT2D eigenvalue weighted by Crippen LogP contribution is 2.26. The molecule has 3 rings (SSSR count). The summed E-state index contributed by atoms with van der Waals surface area (Å²) in [4.78, 5) is 12.2. The van der Waals surface area contributed by atoms with E-state index < -0.39 is 0 Å². The van der Waals surface area contributed by atoms with E-state index in [1.54, 1.807) is 32.6 Å². The molecule has 132 valence electrons. The monoisotopic (exact) mass is 348 g/mol. The van der Waals surface area contributed by atoms with Crippen molar-refractivity contribution in [1.82, 2.24) is 5.43 Å². The normalized spacial score (nSPS) is 10.8. The van der Waals surface area contributed by atoms with Crippen LogP contribution in [0.1, 0.15) is 11.1 Å². The van der Waals surface area contributed by atoms with Gasteiger partial charge in [0.15, 0.2) is 11.5 Å². The molecule has 0 aliphatic rings. The maximum absolute atomic E-state index is 12.2. The number of carbonyl (C=O) groups excluding carboxylic acids is 1. The smallest absolute Gasteiger partial charge is 0.244 e. The average molecular weight is 348 g/mol. The molecule has 5 heteroatoms. The molecule has 1 N–H and O–H groups in total. The van der Waals surface area contributed by atoms with E-state index in [0.717, 1.165) is 21.9 Å². The number of nitrogens with one attached hydrogen (secondary N) is 1. The van der Waals surface area contributed by atoms with Crippen LogP contribution in [0.3, 0.4) is 0 Å². The van der Waals surface area contributed by atoms with Crippen molar-refractivity contribution in [3.05, 3.63) is 71.8 Å². The van der Waals surface area contributed by atoms with E-state index in [1.807, 2.05) is 48.5 Å². The fourth-order valence-electron chi connectivity index (χ4n) is 2.77. The van der Waals surface area contributed by atoms with Crippen LogP contribution in [0.15, 0.2) is 65.8 Å². The zero-order valence-corrected chi connectivity index (χ0v) is 14.7. The number of hydrazone groups is 1. The lowest BCUT2D eigenvalue weighted by Crippen LogP contribution is -2.19. The summed E-state index contributed by atoms with van der Waals surface area (Å²) in [5.41, 5.74) is 4.34. The van der Waals surface area contributed by atoms with E-state index in [0.29, 0.717) is 11.5 Å². The minimum atomic E-state index is -0.168. The van der Waals surface area contributed by atoms with Crippen LogP contribution in [0.25, 0.3) is 10.8 Å². The van der Waals surface area contributed by atoms with Gasteiger partial charge in [0.1, 0.15) is 0 Å². The third-order valence-corrected chi connectivity index (χ3v) is 4.04. The van der Waals surface area contributed by atoms with Crippen LogP contribution in [-0.2, 0) is 11.2 Å². The molecule has 0 aromatic heterocycles. The predicted octanol–water partition coefficient (Wildman–Crippen LogP) is 3.55. The minimum absolute atomic E-state index is 0.168. The van der Waals surface area contributed by atoms with Crippen molar-refractivity contribution in [2.24, 2.45) is 5.10 Å². The van der Waals surface area contributed by atoms with Gasteiger partial charge >= 0.3 is 0 Å². The van der Waals surface area contributed by atoms with Crippen LogP contribution in [-0.4, -0.2) is 26.3 Å². The fourth-order valence-corrected chi connectivity index (χ4v) is 2.77. The van der Waals surface area contributed by atoms with Gasteiger partial charge in [0.05, 0.1) is 26.9 Å². The van der Waals surface area contributed by atoms with E-state index in [9.17, 15) is 4.79 Å². The van der Waals surface area contributed by atoms with Crippen molar-refractivity contribution >= 4 is 22.9 Å². The summed E-state index contributed by atoms with van der Waals surface area (Å²) < 4.78 is 10.4. The second kappa shape index (κ2) is 8.16. The van der Waals surface area contributed by atoms with E-state index in [2.05, 4.69) is 10.5 Å². The summed E-state index contributed by atoms with van der Waals surface area (Å²) in [6.45, 7) is 0. The summed E-state index contributed by atoms with van der Waals surface area (Å²) in [7, 11) is 3.16. The highest BCUT2D eigenvalue weighted by atomic mass is 16.5. The molecule has 0 bridgehead atoms. The molecular formula is C21H20N2O3. The zero-order valence-electron chi connectivity index (χ0n) is 14.7. The fraction of sp³-hybridized carbons (Fsp3) is 0.143. The first-order valence-corrected chi connectivity index (χ1v) is 8.22. The molecule has 0 saturated heterocycles. The highest BCUT2D eigenvalue weighted by molar-refractivity contribution is 5.90. The highest BCUT2D eigenvalue weighted by Gasteiger charge is 2.06. The van der Waals surface area contributed by atoms with Gasteiger partial charge in [-0.05, 0) is 40.1 Å². The first-order chi connectivity index (χ1) is 12.7. The van der Waals surface area contributed by atoms with E-state index >= 15 is 0 Å². The SMILES string of the molecule is COc1ccc(C=NNC(=O)Cc2cccc3ccccc23)cc1OC. The van der Waals surface area contributed by atoms with Gasteiger partial charge in [0, 0.05) is 0 Å². The molecule has 0 spiro atoms. The summed E-state index contributed by atoms with van der Waals surface area (Å²) in [6, 6.07) is 19.4. The largest absolute Gasteiger partial charge is 0.493 e. The van der Waals surface area contributed by atoms with Gasteiger partial charge < -0.3 is 9.47 Å². The van der Waals surface area contributed by atoms with Crippen LogP contribution < -0.4 is 14.9 Å². The van der Waals surface area contributed by atoms with Crippen molar-refractivity contribution in [2.75, 3.05) is 14.2 Å². The second-order valence-electron chi connectivity index (χ2n) is 5.72. The Morgan fingerprint density at radius 2 is 1.77 bits per heavy atom. The third kappa shape index (κ3) is 4.00. The Hall–Kier alpha value is -3.34. The van der Waals surface area contributed by atoms with Crippen molar-refractivity contribution < 1.29 is 14.3 Å². The summed E-state index contributed by atoms with van der Waals surface area (Å²) in [5.74, 6) is 1.08.